The van der Waals surface area contributed by atoms with Gasteiger partial charge in [-0.2, -0.15) is 0 Å². The van der Waals surface area contributed by atoms with Gasteiger partial charge >= 0.3 is 0 Å². The topological polar surface area (TPSA) is 76.3 Å². The van der Waals surface area contributed by atoms with Gasteiger partial charge in [0, 0.05) is 32.7 Å². The van der Waals surface area contributed by atoms with E-state index in [1.54, 1.807) is 7.11 Å². The van der Waals surface area contributed by atoms with Crippen LogP contribution in [0.3, 0.4) is 0 Å². The molecule has 0 saturated heterocycles. The summed E-state index contributed by atoms with van der Waals surface area (Å²) >= 11 is 0. The molecule has 19 heavy (non-hydrogen) atoms. The van der Waals surface area contributed by atoms with Crippen molar-refractivity contribution >= 4 is 11.6 Å². The van der Waals surface area contributed by atoms with Gasteiger partial charge in [-0.05, 0) is 5.92 Å². The number of rotatable bonds is 8. The molecule has 0 aliphatic heterocycles. The van der Waals surface area contributed by atoms with E-state index in [1.165, 1.54) is 0 Å². The molecule has 3 N–H and O–H groups in total. The second-order valence-corrected chi connectivity index (χ2v) is 4.86. The van der Waals surface area contributed by atoms with Gasteiger partial charge in [-0.1, -0.05) is 20.8 Å². The molecule has 0 radical (unpaired) electrons. The predicted molar refractivity (Wildman–Crippen MR) is 78.1 cm³/mol. The van der Waals surface area contributed by atoms with Crippen LogP contribution in [0.5, 0.6) is 0 Å². The van der Waals surface area contributed by atoms with Gasteiger partial charge in [0.1, 0.15) is 17.5 Å². The highest BCUT2D eigenvalue weighted by Crippen LogP contribution is 2.17. The van der Waals surface area contributed by atoms with Crippen molar-refractivity contribution in [3.63, 3.8) is 0 Å². The van der Waals surface area contributed by atoms with E-state index >= 15 is 0 Å². The highest BCUT2D eigenvalue weighted by atomic mass is 16.5. The third-order valence-electron chi connectivity index (χ3n) is 2.70. The van der Waals surface area contributed by atoms with E-state index < -0.39 is 0 Å². The van der Waals surface area contributed by atoms with Crippen molar-refractivity contribution in [3.05, 3.63) is 11.9 Å². The summed E-state index contributed by atoms with van der Waals surface area (Å²) in [5, 5.41) is 0. The first-order valence-electron chi connectivity index (χ1n) is 6.69. The van der Waals surface area contributed by atoms with Crippen molar-refractivity contribution in [2.24, 2.45) is 11.8 Å². The van der Waals surface area contributed by atoms with Crippen LogP contribution >= 0.6 is 0 Å². The molecule has 108 valence electrons. The molecule has 6 nitrogen and oxygen atoms in total. The fourth-order valence-electron chi connectivity index (χ4n) is 1.82. The van der Waals surface area contributed by atoms with Crippen LogP contribution in [0.25, 0.3) is 0 Å². The average molecular weight is 267 g/mol. The molecule has 0 amide bonds. The van der Waals surface area contributed by atoms with Crippen LogP contribution in [0.1, 0.15) is 26.6 Å². The van der Waals surface area contributed by atoms with E-state index in [4.69, 9.17) is 10.6 Å². The number of methoxy groups -OCH3 is 1. The molecule has 0 saturated carbocycles. The van der Waals surface area contributed by atoms with Crippen LogP contribution in [0.2, 0.25) is 0 Å². The van der Waals surface area contributed by atoms with Gasteiger partial charge in [0.25, 0.3) is 0 Å². The first kappa shape index (κ1) is 15.7. The van der Waals surface area contributed by atoms with Crippen molar-refractivity contribution < 1.29 is 4.74 Å². The lowest BCUT2D eigenvalue weighted by Gasteiger charge is -2.26. The standard InChI is InChI=1S/C13H25N5O/c1-5-11-15-12(17-14)8-13(16-11)18(6-7-19-4)9-10(2)3/h8,10H,5-7,9,14H2,1-4H3,(H,15,16,17). The minimum atomic E-state index is 0.547. The van der Waals surface area contributed by atoms with Crippen LogP contribution in [0, 0.1) is 5.92 Å². The number of nitrogens with one attached hydrogen (secondary N) is 1. The Hall–Kier alpha value is -1.40. The molecule has 0 aliphatic rings. The van der Waals surface area contributed by atoms with Gasteiger partial charge < -0.3 is 15.1 Å². The first-order chi connectivity index (χ1) is 9.10. The summed E-state index contributed by atoms with van der Waals surface area (Å²) in [4.78, 5) is 11.1. The summed E-state index contributed by atoms with van der Waals surface area (Å²) in [5.74, 6) is 8.34. The minimum absolute atomic E-state index is 0.547. The Balaban J connectivity index is 2.98. The van der Waals surface area contributed by atoms with Gasteiger partial charge in [-0.25, -0.2) is 15.8 Å². The molecule has 1 aromatic rings. The lowest BCUT2D eigenvalue weighted by molar-refractivity contribution is 0.204. The van der Waals surface area contributed by atoms with E-state index in [1.807, 2.05) is 13.0 Å². The molecule has 0 aromatic carbocycles. The quantitative estimate of drug-likeness (QED) is 0.548. The fraction of sp³-hybridized carbons (Fsp3) is 0.692. The second-order valence-electron chi connectivity index (χ2n) is 4.86. The molecule has 1 heterocycles. The number of ether oxygens (including phenoxy) is 1. The lowest BCUT2D eigenvalue weighted by Crippen LogP contribution is -2.32. The minimum Gasteiger partial charge on any atom is -0.383 e. The molecular formula is C13H25N5O. The average Bonchev–Trinajstić information content (AvgIpc) is 2.42. The number of hydrogen-bond donors (Lipinski definition) is 2. The van der Waals surface area contributed by atoms with Gasteiger partial charge in [0.2, 0.25) is 0 Å². The summed E-state index contributed by atoms with van der Waals surface area (Å²) in [5.41, 5.74) is 2.60. The Bertz CT molecular complexity index is 361. The Morgan fingerprint density at radius 2 is 2.16 bits per heavy atom. The monoisotopic (exact) mass is 267 g/mol. The molecule has 1 rings (SSSR count). The Kier molecular flexibility index (Phi) is 6.52. The predicted octanol–water partition coefficient (Wildman–Crippen LogP) is 1.43. The highest BCUT2D eigenvalue weighted by molar-refractivity contribution is 5.49. The summed E-state index contributed by atoms with van der Waals surface area (Å²) in [6.07, 6.45) is 0.780. The third-order valence-corrected chi connectivity index (χ3v) is 2.70. The molecular weight excluding hydrogens is 242 g/mol. The molecule has 0 spiro atoms. The molecule has 0 unspecified atom stereocenters. The zero-order valence-electron chi connectivity index (χ0n) is 12.3. The van der Waals surface area contributed by atoms with Crippen molar-refractivity contribution in [2.45, 2.75) is 27.2 Å². The van der Waals surface area contributed by atoms with Crippen LogP contribution < -0.4 is 16.2 Å². The van der Waals surface area contributed by atoms with Gasteiger partial charge in [0.05, 0.1) is 6.61 Å². The SMILES string of the molecule is CCc1nc(NN)cc(N(CCOC)CC(C)C)n1. The van der Waals surface area contributed by atoms with E-state index in [-0.39, 0.29) is 0 Å². The number of anilines is 2. The van der Waals surface area contributed by atoms with E-state index in [0.717, 1.165) is 31.2 Å². The Morgan fingerprint density at radius 3 is 2.68 bits per heavy atom. The van der Waals surface area contributed by atoms with Crippen molar-refractivity contribution in [1.82, 2.24) is 9.97 Å². The Morgan fingerprint density at radius 1 is 1.42 bits per heavy atom. The molecule has 0 aliphatic carbocycles. The smallest absolute Gasteiger partial charge is 0.145 e. The normalized spacial score (nSPS) is 10.8. The van der Waals surface area contributed by atoms with Gasteiger partial charge in [-0.3, -0.25) is 0 Å². The van der Waals surface area contributed by atoms with Crippen LogP contribution in [0.4, 0.5) is 11.6 Å². The Labute approximate surface area is 115 Å². The highest BCUT2D eigenvalue weighted by Gasteiger charge is 2.12. The van der Waals surface area contributed by atoms with Crippen LogP contribution in [-0.4, -0.2) is 36.8 Å². The molecule has 0 fully saturated rings. The molecule has 6 heteroatoms. The summed E-state index contributed by atoms with van der Waals surface area (Å²) in [6, 6.07) is 1.87. The largest absolute Gasteiger partial charge is 0.383 e. The maximum atomic E-state index is 5.46. The lowest BCUT2D eigenvalue weighted by atomic mass is 10.2. The van der Waals surface area contributed by atoms with Crippen LogP contribution in [-0.2, 0) is 11.2 Å². The first-order valence-corrected chi connectivity index (χ1v) is 6.69. The number of hydrazine groups is 1. The number of nitrogens with zero attached hydrogens (tertiary/aromatic N) is 3. The number of hydrogen-bond acceptors (Lipinski definition) is 6. The molecule has 0 atom stereocenters. The summed E-state index contributed by atoms with van der Waals surface area (Å²) in [7, 11) is 1.71. The van der Waals surface area contributed by atoms with Crippen molar-refractivity contribution in [3.8, 4) is 0 Å². The van der Waals surface area contributed by atoms with Crippen molar-refractivity contribution in [1.29, 1.82) is 0 Å². The molecule has 0 bridgehead atoms. The summed E-state index contributed by atoms with van der Waals surface area (Å²) in [6.45, 7) is 8.80. The van der Waals surface area contributed by atoms with Crippen LogP contribution in [0.15, 0.2) is 6.07 Å². The maximum Gasteiger partial charge on any atom is 0.145 e. The van der Waals surface area contributed by atoms with E-state index in [2.05, 4.69) is 34.1 Å². The zero-order valence-corrected chi connectivity index (χ0v) is 12.3. The number of aryl methyl sites for hydroxylation is 1. The fourth-order valence-corrected chi connectivity index (χ4v) is 1.82. The van der Waals surface area contributed by atoms with Gasteiger partial charge in [-0.15, -0.1) is 0 Å². The summed E-state index contributed by atoms with van der Waals surface area (Å²) < 4.78 is 5.16. The van der Waals surface area contributed by atoms with Crippen molar-refractivity contribution in [2.75, 3.05) is 37.1 Å². The number of nitrogens with two attached hydrogens (primary N) is 1. The number of nitrogen functional groups attached to an aromatic ring is 1. The van der Waals surface area contributed by atoms with Gasteiger partial charge in [0.15, 0.2) is 0 Å². The third kappa shape index (κ3) is 5.00. The molecule has 1 aromatic heterocycles. The zero-order chi connectivity index (χ0) is 14.3. The maximum absolute atomic E-state index is 5.46. The number of aromatic nitrogens is 2. The van der Waals surface area contributed by atoms with E-state index in [9.17, 15) is 0 Å². The second kappa shape index (κ2) is 7.91. The van der Waals surface area contributed by atoms with E-state index in [0.29, 0.717) is 18.3 Å².